The van der Waals surface area contributed by atoms with Crippen LogP contribution in [-0.2, 0) is 15.0 Å². The number of nitrogens with zero attached hydrogens (tertiary/aromatic N) is 1. The average Bonchev–Trinajstić information content (AvgIpc) is 2.43. The van der Waals surface area contributed by atoms with Gasteiger partial charge in [-0.1, -0.05) is 6.07 Å². The van der Waals surface area contributed by atoms with Crippen molar-refractivity contribution in [3.8, 4) is 0 Å². The summed E-state index contributed by atoms with van der Waals surface area (Å²) < 4.78 is 41.2. The fraction of sp³-hybridized carbons (Fsp3) is 0.462. The normalized spacial score (nSPS) is 20.2. The van der Waals surface area contributed by atoms with Crippen molar-refractivity contribution in [3.63, 3.8) is 0 Å². The summed E-state index contributed by atoms with van der Waals surface area (Å²) in [5.41, 5.74) is 0.539. The summed E-state index contributed by atoms with van der Waals surface area (Å²) in [6, 6.07) is 4.05. The van der Waals surface area contributed by atoms with E-state index in [4.69, 9.17) is 5.11 Å². The molecule has 2 rings (SSSR count). The largest absolute Gasteiger partial charge is 0.481 e. The Labute approximate surface area is 122 Å². The minimum absolute atomic E-state index is 0.0704. The van der Waals surface area contributed by atoms with Crippen LogP contribution in [0.15, 0.2) is 18.2 Å². The molecule has 1 aliphatic heterocycles. The Morgan fingerprint density at radius 3 is 2.81 bits per heavy atom. The van der Waals surface area contributed by atoms with Crippen molar-refractivity contribution in [1.82, 2.24) is 4.31 Å². The summed E-state index contributed by atoms with van der Waals surface area (Å²) in [5.74, 6) is -2.21. The third-order valence-corrected chi connectivity index (χ3v) is 5.00. The minimum atomic E-state index is -3.88. The summed E-state index contributed by atoms with van der Waals surface area (Å²) in [4.78, 5) is 11.0. The molecule has 0 amide bonds. The van der Waals surface area contributed by atoms with E-state index in [1.807, 2.05) is 0 Å². The zero-order chi connectivity index (χ0) is 15.6. The van der Waals surface area contributed by atoms with Crippen LogP contribution in [0.1, 0.15) is 18.4 Å². The molecule has 21 heavy (non-hydrogen) atoms. The first kappa shape index (κ1) is 15.7. The number of anilines is 1. The molecule has 1 unspecified atom stereocenters. The lowest BCUT2D eigenvalue weighted by Crippen LogP contribution is -2.44. The highest BCUT2D eigenvalue weighted by atomic mass is 32.2. The molecule has 6 nitrogen and oxygen atoms in total. The maximum atomic E-state index is 13.4. The zero-order valence-corrected chi connectivity index (χ0v) is 12.4. The van der Waals surface area contributed by atoms with Crippen LogP contribution in [0.25, 0.3) is 0 Å². The van der Waals surface area contributed by atoms with Gasteiger partial charge in [0.15, 0.2) is 0 Å². The number of hydrogen-bond acceptors (Lipinski definition) is 3. The maximum absolute atomic E-state index is 13.4. The quantitative estimate of drug-likeness (QED) is 0.883. The Bertz CT molecular complexity index is 648. The number of rotatable bonds is 4. The van der Waals surface area contributed by atoms with Crippen LogP contribution >= 0.6 is 0 Å². The van der Waals surface area contributed by atoms with E-state index in [9.17, 15) is 17.6 Å². The summed E-state index contributed by atoms with van der Waals surface area (Å²) in [5, 5.41) is 8.99. The van der Waals surface area contributed by atoms with Gasteiger partial charge in [0.25, 0.3) is 0 Å². The molecule has 1 aromatic carbocycles. The second kappa shape index (κ2) is 5.98. The van der Waals surface area contributed by atoms with Crippen LogP contribution in [0.4, 0.5) is 10.1 Å². The van der Waals surface area contributed by atoms with Gasteiger partial charge in [-0.25, -0.2) is 4.39 Å². The summed E-state index contributed by atoms with van der Waals surface area (Å²) in [6.07, 6.45) is 0.945. The number of carboxylic acid groups (broad SMARTS) is 1. The molecule has 116 valence electrons. The van der Waals surface area contributed by atoms with Gasteiger partial charge < -0.3 is 5.11 Å². The Morgan fingerprint density at radius 2 is 2.19 bits per heavy atom. The first-order chi connectivity index (χ1) is 9.79. The van der Waals surface area contributed by atoms with Gasteiger partial charge in [-0.15, -0.1) is 0 Å². The smallest absolute Gasteiger partial charge is 0.307 e. The SMILES string of the molecule is Cc1ccc(NS(=O)(=O)N2CCCC(C(=O)O)C2)cc1F. The number of carboxylic acids is 1. The van der Waals surface area contributed by atoms with Gasteiger partial charge in [0.2, 0.25) is 0 Å². The number of halogens is 1. The fourth-order valence-electron chi connectivity index (χ4n) is 2.23. The first-order valence-electron chi connectivity index (χ1n) is 6.56. The number of carbonyl (C=O) groups is 1. The maximum Gasteiger partial charge on any atom is 0.307 e. The Kier molecular flexibility index (Phi) is 4.48. The zero-order valence-electron chi connectivity index (χ0n) is 11.5. The van der Waals surface area contributed by atoms with E-state index < -0.39 is 27.9 Å². The highest BCUT2D eigenvalue weighted by molar-refractivity contribution is 7.90. The van der Waals surface area contributed by atoms with E-state index in [1.165, 1.54) is 12.1 Å². The third kappa shape index (κ3) is 3.70. The molecule has 8 heteroatoms. The molecule has 0 saturated carbocycles. The lowest BCUT2D eigenvalue weighted by molar-refractivity contribution is -0.142. The van der Waals surface area contributed by atoms with Gasteiger partial charge >= 0.3 is 16.2 Å². The van der Waals surface area contributed by atoms with E-state index in [2.05, 4.69) is 4.72 Å². The van der Waals surface area contributed by atoms with Crippen molar-refractivity contribution in [2.45, 2.75) is 19.8 Å². The van der Waals surface area contributed by atoms with E-state index in [1.54, 1.807) is 6.92 Å². The van der Waals surface area contributed by atoms with Crippen molar-refractivity contribution in [3.05, 3.63) is 29.6 Å². The molecule has 1 saturated heterocycles. The van der Waals surface area contributed by atoms with E-state index in [0.29, 0.717) is 18.4 Å². The molecular weight excluding hydrogens is 299 g/mol. The molecule has 0 radical (unpaired) electrons. The van der Waals surface area contributed by atoms with Crippen molar-refractivity contribution < 1.29 is 22.7 Å². The number of piperidine rings is 1. The Hall–Kier alpha value is -1.67. The lowest BCUT2D eigenvalue weighted by Gasteiger charge is -2.29. The first-order valence-corrected chi connectivity index (χ1v) is 8.00. The third-order valence-electron chi connectivity index (χ3n) is 3.49. The van der Waals surface area contributed by atoms with Crippen LogP contribution in [0.3, 0.4) is 0 Å². The second-order valence-electron chi connectivity index (χ2n) is 5.11. The number of hydrogen-bond donors (Lipinski definition) is 2. The number of aryl methyl sites for hydroxylation is 1. The average molecular weight is 316 g/mol. The van der Waals surface area contributed by atoms with Gasteiger partial charge in [0, 0.05) is 13.1 Å². The lowest BCUT2D eigenvalue weighted by atomic mass is 10.0. The van der Waals surface area contributed by atoms with Crippen molar-refractivity contribution in [2.75, 3.05) is 17.8 Å². The van der Waals surface area contributed by atoms with Crippen LogP contribution in [0, 0.1) is 18.7 Å². The highest BCUT2D eigenvalue weighted by Crippen LogP contribution is 2.21. The standard InChI is InChI=1S/C13H17FN2O4S/c1-9-4-5-11(7-12(9)14)15-21(19,20)16-6-2-3-10(8-16)13(17)18/h4-5,7,10,15H,2-3,6,8H2,1H3,(H,17,18). The molecule has 0 spiro atoms. The van der Waals surface area contributed by atoms with Crippen LogP contribution in [0.2, 0.25) is 0 Å². The number of benzene rings is 1. The molecule has 0 bridgehead atoms. The van der Waals surface area contributed by atoms with Crippen molar-refractivity contribution in [2.24, 2.45) is 5.92 Å². The van der Waals surface area contributed by atoms with Crippen LogP contribution in [0.5, 0.6) is 0 Å². The second-order valence-corrected chi connectivity index (χ2v) is 6.78. The number of nitrogens with one attached hydrogen (secondary N) is 1. The van der Waals surface area contributed by atoms with E-state index >= 15 is 0 Å². The predicted molar refractivity (Wildman–Crippen MR) is 75.6 cm³/mol. The van der Waals surface area contributed by atoms with E-state index in [-0.39, 0.29) is 18.8 Å². The Morgan fingerprint density at radius 1 is 1.48 bits per heavy atom. The van der Waals surface area contributed by atoms with Gasteiger partial charge in [-0.2, -0.15) is 12.7 Å². The van der Waals surface area contributed by atoms with Gasteiger partial charge in [0.05, 0.1) is 11.6 Å². The highest BCUT2D eigenvalue weighted by Gasteiger charge is 2.32. The predicted octanol–water partition coefficient (Wildman–Crippen LogP) is 1.59. The minimum Gasteiger partial charge on any atom is -0.481 e. The summed E-state index contributed by atoms with van der Waals surface area (Å²) in [7, 11) is -3.88. The molecular formula is C13H17FN2O4S. The molecule has 1 heterocycles. The molecule has 1 fully saturated rings. The molecule has 1 atom stereocenters. The van der Waals surface area contributed by atoms with Gasteiger partial charge in [-0.3, -0.25) is 9.52 Å². The van der Waals surface area contributed by atoms with Gasteiger partial charge in [0.1, 0.15) is 5.82 Å². The summed E-state index contributed by atoms with van der Waals surface area (Å²) >= 11 is 0. The molecule has 0 aromatic heterocycles. The topological polar surface area (TPSA) is 86.7 Å². The van der Waals surface area contributed by atoms with Crippen molar-refractivity contribution in [1.29, 1.82) is 0 Å². The monoisotopic (exact) mass is 316 g/mol. The number of aliphatic carboxylic acids is 1. The van der Waals surface area contributed by atoms with E-state index in [0.717, 1.165) is 10.4 Å². The fourth-order valence-corrected chi connectivity index (χ4v) is 3.53. The van der Waals surface area contributed by atoms with Crippen LogP contribution < -0.4 is 4.72 Å². The molecule has 1 aliphatic rings. The molecule has 0 aliphatic carbocycles. The van der Waals surface area contributed by atoms with Crippen LogP contribution in [-0.4, -0.2) is 36.9 Å². The molecule has 2 N–H and O–H groups in total. The molecule has 1 aromatic rings. The van der Waals surface area contributed by atoms with Crippen molar-refractivity contribution >= 4 is 21.9 Å². The summed E-state index contributed by atoms with van der Waals surface area (Å²) in [6.45, 7) is 1.77. The van der Waals surface area contributed by atoms with Gasteiger partial charge in [-0.05, 0) is 37.5 Å². The Balaban J connectivity index is 2.14.